The Balaban J connectivity index is 1.47. The molecule has 0 radical (unpaired) electrons. The maximum atomic E-state index is 12.6. The normalized spacial score (nSPS) is 16.3. The van der Waals surface area contributed by atoms with Gasteiger partial charge in [-0.1, -0.05) is 24.3 Å². The monoisotopic (exact) mass is 431 g/mol. The van der Waals surface area contributed by atoms with E-state index in [1.807, 2.05) is 24.0 Å². The Morgan fingerprint density at radius 2 is 1.87 bits per heavy atom. The van der Waals surface area contributed by atoms with Crippen LogP contribution in [0.25, 0.3) is 0 Å². The van der Waals surface area contributed by atoms with E-state index in [2.05, 4.69) is 5.32 Å². The van der Waals surface area contributed by atoms with E-state index in [9.17, 15) is 18.3 Å². The lowest BCUT2D eigenvalue weighted by Gasteiger charge is -2.33. The highest BCUT2D eigenvalue weighted by Crippen LogP contribution is 2.24. The van der Waals surface area contributed by atoms with Crippen molar-refractivity contribution in [3.63, 3.8) is 0 Å². The molecule has 0 spiro atoms. The lowest BCUT2D eigenvalue weighted by atomic mass is 9.90. The molecule has 162 valence electrons. The summed E-state index contributed by atoms with van der Waals surface area (Å²) >= 11 is 0. The van der Waals surface area contributed by atoms with Gasteiger partial charge in [0.25, 0.3) is 0 Å². The molecule has 1 unspecified atom stereocenters. The van der Waals surface area contributed by atoms with Crippen molar-refractivity contribution in [3.8, 4) is 5.75 Å². The number of sulfonamides is 1. The number of aromatic hydroxyl groups is 1. The third-order valence-corrected chi connectivity index (χ3v) is 6.62. The van der Waals surface area contributed by atoms with E-state index < -0.39 is 10.0 Å². The van der Waals surface area contributed by atoms with Gasteiger partial charge >= 0.3 is 6.03 Å². The smallest absolute Gasteiger partial charge is 0.317 e. The van der Waals surface area contributed by atoms with E-state index in [0.717, 1.165) is 25.7 Å². The molecule has 2 aromatic carbocycles. The van der Waals surface area contributed by atoms with Crippen LogP contribution in [0.5, 0.6) is 5.75 Å². The Morgan fingerprint density at radius 1 is 1.20 bits per heavy atom. The summed E-state index contributed by atoms with van der Waals surface area (Å²) in [7, 11) is -3.78. The first kappa shape index (κ1) is 22.1. The van der Waals surface area contributed by atoms with Gasteiger partial charge in [0.2, 0.25) is 10.0 Å². The molecule has 1 aliphatic rings. The molecular weight excluding hydrogens is 402 g/mol. The first-order valence-corrected chi connectivity index (χ1v) is 11.7. The van der Waals surface area contributed by atoms with Crippen LogP contribution in [0, 0.1) is 5.92 Å². The van der Waals surface area contributed by atoms with Crippen molar-refractivity contribution in [2.75, 3.05) is 13.1 Å². The molecule has 4 N–H and O–H groups in total. The van der Waals surface area contributed by atoms with Gasteiger partial charge in [0, 0.05) is 13.1 Å². The van der Waals surface area contributed by atoms with Crippen LogP contribution in [0.3, 0.4) is 0 Å². The zero-order chi connectivity index (χ0) is 21.7. The lowest BCUT2D eigenvalue weighted by Crippen LogP contribution is -2.45. The van der Waals surface area contributed by atoms with Gasteiger partial charge in [-0.3, -0.25) is 0 Å². The van der Waals surface area contributed by atoms with Gasteiger partial charge in [-0.25, -0.2) is 18.4 Å². The number of nitrogens with two attached hydrogens (primary N) is 1. The van der Waals surface area contributed by atoms with Crippen LogP contribution in [-0.4, -0.2) is 37.5 Å². The summed E-state index contributed by atoms with van der Waals surface area (Å²) in [6.45, 7) is 3.23. The molecule has 0 aromatic heterocycles. The quantitative estimate of drug-likeness (QED) is 0.652. The fourth-order valence-electron chi connectivity index (χ4n) is 3.78. The predicted molar refractivity (Wildman–Crippen MR) is 115 cm³/mol. The summed E-state index contributed by atoms with van der Waals surface area (Å²) in [5.41, 5.74) is 1.90. The largest absolute Gasteiger partial charge is 0.508 e. The Labute approximate surface area is 177 Å². The van der Waals surface area contributed by atoms with E-state index in [1.54, 1.807) is 24.3 Å². The van der Waals surface area contributed by atoms with Crippen LogP contribution in [0.15, 0.2) is 53.4 Å². The van der Waals surface area contributed by atoms with Crippen LogP contribution >= 0.6 is 0 Å². The summed E-state index contributed by atoms with van der Waals surface area (Å²) in [4.78, 5) is 14.5. The van der Waals surface area contributed by atoms with Crippen molar-refractivity contribution in [2.45, 2.75) is 43.5 Å². The fourth-order valence-corrected chi connectivity index (χ4v) is 4.35. The molecule has 0 bridgehead atoms. The number of aryl methyl sites for hydroxylation is 1. The van der Waals surface area contributed by atoms with Gasteiger partial charge in [-0.15, -0.1) is 0 Å². The van der Waals surface area contributed by atoms with Gasteiger partial charge in [-0.05, 0) is 73.9 Å². The number of amides is 2. The number of phenols is 1. The minimum atomic E-state index is -3.78. The average molecular weight is 432 g/mol. The van der Waals surface area contributed by atoms with Crippen LogP contribution in [0.1, 0.15) is 43.4 Å². The van der Waals surface area contributed by atoms with E-state index in [-0.39, 0.29) is 22.7 Å². The topological polar surface area (TPSA) is 113 Å². The number of rotatable bonds is 6. The molecular formula is C22H29N3O4S. The highest BCUT2D eigenvalue weighted by atomic mass is 32.2. The number of hydrogen-bond acceptors (Lipinski definition) is 4. The molecule has 2 aromatic rings. The zero-order valence-electron chi connectivity index (χ0n) is 17.1. The van der Waals surface area contributed by atoms with Crippen molar-refractivity contribution in [2.24, 2.45) is 11.1 Å². The Hall–Kier alpha value is -2.58. The third kappa shape index (κ3) is 5.96. The number of phenolic OH excluding ortho intramolecular Hbond substituents is 1. The average Bonchev–Trinajstić information content (AvgIpc) is 2.73. The lowest BCUT2D eigenvalue weighted by molar-refractivity contribution is 0.165. The van der Waals surface area contributed by atoms with Gasteiger partial charge in [0.15, 0.2) is 0 Å². The molecule has 1 saturated heterocycles. The first-order chi connectivity index (χ1) is 14.2. The third-order valence-electron chi connectivity index (χ3n) is 5.71. The second kappa shape index (κ2) is 9.49. The number of piperidine rings is 1. The predicted octanol–water partition coefficient (Wildman–Crippen LogP) is 3.16. The molecule has 2 amide bonds. The number of primary sulfonamides is 1. The summed E-state index contributed by atoms with van der Waals surface area (Å²) in [5, 5.41) is 17.5. The van der Waals surface area contributed by atoms with Crippen molar-refractivity contribution in [3.05, 3.63) is 59.7 Å². The molecule has 3 rings (SSSR count). The molecule has 1 atom stereocenters. The van der Waals surface area contributed by atoms with Crippen molar-refractivity contribution >= 4 is 16.1 Å². The minimum absolute atomic E-state index is 0.0375. The zero-order valence-corrected chi connectivity index (χ0v) is 17.9. The Kier molecular flexibility index (Phi) is 6.99. The number of carbonyl (C=O) groups is 1. The fraction of sp³-hybridized carbons (Fsp3) is 0.409. The number of urea groups is 1. The van der Waals surface area contributed by atoms with E-state index >= 15 is 0 Å². The van der Waals surface area contributed by atoms with Gasteiger partial charge in [0.1, 0.15) is 5.75 Å². The molecule has 30 heavy (non-hydrogen) atoms. The first-order valence-electron chi connectivity index (χ1n) is 10.2. The second-order valence-electron chi connectivity index (χ2n) is 7.92. The van der Waals surface area contributed by atoms with Gasteiger partial charge < -0.3 is 15.3 Å². The Morgan fingerprint density at radius 3 is 2.50 bits per heavy atom. The molecule has 7 nitrogen and oxygen atoms in total. The molecule has 1 heterocycles. The molecule has 8 heteroatoms. The maximum Gasteiger partial charge on any atom is 0.317 e. The summed E-state index contributed by atoms with van der Waals surface area (Å²) in [6.07, 6.45) is 3.95. The summed E-state index contributed by atoms with van der Waals surface area (Å²) in [6, 6.07) is 13.2. The number of nitrogens with zero attached hydrogens (tertiary/aromatic N) is 1. The number of carbonyl (C=O) groups excluding carboxylic acids is 1. The second-order valence-corrected chi connectivity index (χ2v) is 9.49. The van der Waals surface area contributed by atoms with E-state index in [0.29, 0.717) is 24.6 Å². The number of hydrogen-bond donors (Lipinski definition) is 3. The van der Waals surface area contributed by atoms with Crippen molar-refractivity contribution in [1.29, 1.82) is 0 Å². The SMILES string of the molecule is CC(NC(=O)N1CCC(CCc2ccc(O)cc2)CC1)c1cccc(S(N)(=O)=O)c1. The van der Waals surface area contributed by atoms with Gasteiger partial charge in [0.05, 0.1) is 10.9 Å². The summed E-state index contributed by atoms with van der Waals surface area (Å²) < 4.78 is 23.1. The van der Waals surface area contributed by atoms with Crippen LogP contribution in [0.4, 0.5) is 4.79 Å². The van der Waals surface area contributed by atoms with Crippen LogP contribution in [0.2, 0.25) is 0 Å². The van der Waals surface area contributed by atoms with E-state index in [4.69, 9.17) is 5.14 Å². The number of nitrogens with one attached hydrogen (secondary N) is 1. The summed E-state index contributed by atoms with van der Waals surface area (Å²) in [5.74, 6) is 0.857. The standard InChI is InChI=1S/C22H29N3O4S/c1-16(19-3-2-4-21(15-19)30(23,28)29)24-22(27)25-13-11-18(12-14-25)6-5-17-7-9-20(26)10-8-17/h2-4,7-10,15-16,18,26H,5-6,11-14H2,1H3,(H,24,27)(H2,23,28,29). The van der Waals surface area contributed by atoms with Crippen molar-refractivity contribution < 1.29 is 18.3 Å². The molecule has 1 aliphatic heterocycles. The molecule has 0 aliphatic carbocycles. The highest BCUT2D eigenvalue weighted by molar-refractivity contribution is 7.89. The highest BCUT2D eigenvalue weighted by Gasteiger charge is 2.24. The van der Waals surface area contributed by atoms with Gasteiger partial charge in [-0.2, -0.15) is 0 Å². The Bertz CT molecular complexity index is 968. The maximum absolute atomic E-state index is 12.6. The number of likely N-dealkylation sites (tertiary alicyclic amines) is 1. The van der Waals surface area contributed by atoms with E-state index in [1.165, 1.54) is 17.7 Å². The van der Waals surface area contributed by atoms with Crippen molar-refractivity contribution in [1.82, 2.24) is 10.2 Å². The van der Waals surface area contributed by atoms with Crippen LogP contribution in [-0.2, 0) is 16.4 Å². The molecule has 1 fully saturated rings. The molecule has 0 saturated carbocycles. The minimum Gasteiger partial charge on any atom is -0.508 e. The number of benzene rings is 2. The van der Waals surface area contributed by atoms with Crippen LogP contribution < -0.4 is 10.5 Å².